The Bertz CT molecular complexity index is 1650. The lowest BCUT2D eigenvalue weighted by Crippen LogP contribution is -2.12. The maximum absolute atomic E-state index is 12.7. The van der Waals surface area contributed by atoms with Crippen LogP contribution in [0.15, 0.2) is 95.0 Å². The van der Waals surface area contributed by atoms with Crippen LogP contribution < -0.4 is 0 Å². The van der Waals surface area contributed by atoms with Crippen LogP contribution in [0.1, 0.15) is 0 Å². The number of rotatable bonds is 4. The molecular formula is C24H16N2O6S2. The molecule has 0 bridgehead atoms. The molecule has 0 aliphatic heterocycles. The Morgan fingerprint density at radius 2 is 0.882 bits per heavy atom. The van der Waals surface area contributed by atoms with Gasteiger partial charge in [0.15, 0.2) is 0 Å². The van der Waals surface area contributed by atoms with E-state index in [1.807, 2.05) is 0 Å². The SMILES string of the molecule is O=S(=O)(O)c1c(S(=O)(=O)O)c2c(-c3ccccc3)ccnc2c2nccc(-c3ccccc3)c12. The molecule has 2 heterocycles. The number of benzene rings is 3. The van der Waals surface area contributed by atoms with Gasteiger partial charge < -0.3 is 0 Å². The van der Waals surface area contributed by atoms with Gasteiger partial charge in [-0.15, -0.1) is 0 Å². The Hall–Kier alpha value is -3.70. The monoisotopic (exact) mass is 492 g/mol. The summed E-state index contributed by atoms with van der Waals surface area (Å²) in [5.41, 5.74) is 1.84. The van der Waals surface area contributed by atoms with Gasteiger partial charge in [0.25, 0.3) is 20.2 Å². The Kier molecular flexibility index (Phi) is 5.18. The summed E-state index contributed by atoms with van der Waals surface area (Å²) in [4.78, 5) is 6.73. The van der Waals surface area contributed by atoms with Crippen molar-refractivity contribution >= 4 is 42.0 Å². The van der Waals surface area contributed by atoms with Crippen molar-refractivity contribution in [1.82, 2.24) is 9.97 Å². The Morgan fingerprint density at radius 3 is 1.21 bits per heavy atom. The summed E-state index contributed by atoms with van der Waals surface area (Å²) in [5, 5.41) is -0.317. The summed E-state index contributed by atoms with van der Waals surface area (Å²) in [6.45, 7) is 0. The van der Waals surface area contributed by atoms with E-state index in [1.165, 1.54) is 24.5 Å². The maximum atomic E-state index is 12.7. The Balaban J connectivity index is 2.15. The van der Waals surface area contributed by atoms with E-state index in [9.17, 15) is 25.9 Å². The fourth-order valence-corrected chi connectivity index (χ4v) is 6.41. The molecule has 0 amide bonds. The van der Waals surface area contributed by atoms with Crippen LogP contribution in [0.4, 0.5) is 0 Å². The molecule has 34 heavy (non-hydrogen) atoms. The van der Waals surface area contributed by atoms with Crippen molar-refractivity contribution in [3.05, 3.63) is 85.2 Å². The van der Waals surface area contributed by atoms with E-state index in [0.29, 0.717) is 22.3 Å². The number of pyridine rings is 2. The second-order valence-electron chi connectivity index (χ2n) is 7.50. The molecule has 0 radical (unpaired) electrons. The number of aromatic nitrogens is 2. The van der Waals surface area contributed by atoms with Gasteiger partial charge in [-0.05, 0) is 34.4 Å². The van der Waals surface area contributed by atoms with Crippen molar-refractivity contribution in [3.8, 4) is 22.3 Å². The van der Waals surface area contributed by atoms with Gasteiger partial charge in [0.05, 0.1) is 11.0 Å². The van der Waals surface area contributed by atoms with Crippen molar-refractivity contribution in [1.29, 1.82) is 0 Å². The second-order valence-corrected chi connectivity index (χ2v) is 10.2. The van der Waals surface area contributed by atoms with Crippen LogP contribution in [-0.4, -0.2) is 35.9 Å². The van der Waals surface area contributed by atoms with Gasteiger partial charge >= 0.3 is 0 Å². The molecule has 2 N–H and O–H groups in total. The lowest BCUT2D eigenvalue weighted by Gasteiger charge is -2.17. The molecule has 2 aromatic heterocycles. The first-order valence-electron chi connectivity index (χ1n) is 9.97. The maximum Gasteiger partial charge on any atom is 0.296 e. The van der Waals surface area contributed by atoms with E-state index in [1.54, 1.807) is 60.7 Å². The lowest BCUT2D eigenvalue weighted by molar-refractivity contribution is 0.469. The molecule has 0 unspecified atom stereocenters. The van der Waals surface area contributed by atoms with Crippen LogP contribution in [0.2, 0.25) is 0 Å². The van der Waals surface area contributed by atoms with E-state index in [4.69, 9.17) is 0 Å². The first-order valence-corrected chi connectivity index (χ1v) is 12.8. The van der Waals surface area contributed by atoms with E-state index in [0.717, 1.165) is 0 Å². The summed E-state index contributed by atoms with van der Waals surface area (Å²) in [5.74, 6) is 0. The van der Waals surface area contributed by atoms with Crippen LogP contribution in [-0.2, 0) is 20.2 Å². The zero-order chi connectivity index (χ0) is 24.1. The normalized spacial score (nSPS) is 12.3. The van der Waals surface area contributed by atoms with Crippen molar-refractivity contribution < 1.29 is 25.9 Å². The van der Waals surface area contributed by atoms with E-state index in [2.05, 4.69) is 9.97 Å². The summed E-state index contributed by atoms with van der Waals surface area (Å²) < 4.78 is 71.4. The molecule has 0 saturated heterocycles. The molecule has 0 aliphatic rings. The average molecular weight is 493 g/mol. The van der Waals surface area contributed by atoms with Crippen LogP contribution in [0.5, 0.6) is 0 Å². The Morgan fingerprint density at radius 1 is 0.529 bits per heavy atom. The number of hydrogen-bond donors (Lipinski definition) is 2. The third-order valence-electron chi connectivity index (χ3n) is 5.47. The molecular weight excluding hydrogens is 476 g/mol. The molecule has 0 saturated carbocycles. The molecule has 3 aromatic carbocycles. The quantitative estimate of drug-likeness (QED) is 0.274. The minimum absolute atomic E-state index is 0.0640. The minimum Gasteiger partial charge on any atom is -0.282 e. The number of nitrogens with zero attached hydrogens (tertiary/aromatic N) is 2. The number of fused-ring (bicyclic) bond motifs is 3. The third-order valence-corrected chi connectivity index (χ3v) is 7.45. The highest BCUT2D eigenvalue weighted by Crippen LogP contribution is 2.44. The van der Waals surface area contributed by atoms with Gasteiger partial charge in [-0.2, -0.15) is 16.8 Å². The Labute approximate surface area is 195 Å². The minimum atomic E-state index is -5.17. The molecule has 170 valence electrons. The van der Waals surface area contributed by atoms with Gasteiger partial charge in [0, 0.05) is 23.2 Å². The highest BCUT2D eigenvalue weighted by molar-refractivity contribution is 7.89. The summed E-state index contributed by atoms with van der Waals surface area (Å²) >= 11 is 0. The van der Waals surface area contributed by atoms with Gasteiger partial charge in [-0.25, -0.2) is 0 Å². The number of hydrogen-bond acceptors (Lipinski definition) is 6. The van der Waals surface area contributed by atoms with E-state index < -0.39 is 30.0 Å². The van der Waals surface area contributed by atoms with Crippen LogP contribution in [0, 0.1) is 0 Å². The second kappa shape index (κ2) is 7.96. The smallest absolute Gasteiger partial charge is 0.282 e. The molecule has 0 aliphatic carbocycles. The predicted molar refractivity (Wildman–Crippen MR) is 128 cm³/mol. The summed E-state index contributed by atoms with van der Waals surface area (Å²) in [6, 6.07) is 20.3. The van der Waals surface area contributed by atoms with Crippen LogP contribution in [0.3, 0.4) is 0 Å². The molecule has 0 atom stereocenters. The highest BCUT2D eigenvalue weighted by Gasteiger charge is 2.33. The first kappa shape index (κ1) is 22.1. The molecule has 5 aromatic rings. The summed E-state index contributed by atoms with van der Waals surface area (Å²) in [6.07, 6.45) is 2.89. The van der Waals surface area contributed by atoms with Crippen molar-refractivity contribution in [2.24, 2.45) is 0 Å². The van der Waals surface area contributed by atoms with Crippen molar-refractivity contribution in [3.63, 3.8) is 0 Å². The molecule has 8 nitrogen and oxygen atoms in total. The first-order chi connectivity index (χ1) is 16.2. The lowest BCUT2D eigenvalue weighted by atomic mass is 9.96. The van der Waals surface area contributed by atoms with Gasteiger partial charge in [-0.3, -0.25) is 19.1 Å². The van der Waals surface area contributed by atoms with Crippen molar-refractivity contribution in [2.45, 2.75) is 9.79 Å². The van der Waals surface area contributed by atoms with Crippen LogP contribution in [0.25, 0.3) is 44.1 Å². The van der Waals surface area contributed by atoms with E-state index in [-0.39, 0.29) is 21.8 Å². The molecule has 0 spiro atoms. The summed E-state index contributed by atoms with van der Waals surface area (Å²) in [7, 11) is -10.3. The zero-order valence-electron chi connectivity index (χ0n) is 17.3. The molecule has 0 fully saturated rings. The highest BCUT2D eigenvalue weighted by atomic mass is 32.2. The standard InChI is InChI=1S/C24H16N2O6S2/c27-33(28,29)23-19-17(15-7-3-1-4-8-15)11-13-25-21(19)22-20(24(23)34(30,31)32)18(12-14-26-22)16-9-5-2-6-10-16/h1-14H,(H,27,28,29)(H,30,31,32). The van der Waals surface area contributed by atoms with Gasteiger partial charge in [-0.1, -0.05) is 60.7 Å². The molecule has 10 heteroatoms. The van der Waals surface area contributed by atoms with E-state index >= 15 is 0 Å². The largest absolute Gasteiger partial charge is 0.296 e. The van der Waals surface area contributed by atoms with Gasteiger partial charge in [0.2, 0.25) is 0 Å². The zero-order valence-corrected chi connectivity index (χ0v) is 19.0. The van der Waals surface area contributed by atoms with Gasteiger partial charge in [0.1, 0.15) is 9.79 Å². The third kappa shape index (κ3) is 3.62. The topological polar surface area (TPSA) is 135 Å². The van der Waals surface area contributed by atoms with Crippen molar-refractivity contribution in [2.75, 3.05) is 0 Å². The fraction of sp³-hybridized carbons (Fsp3) is 0. The fourth-order valence-electron chi connectivity index (χ4n) is 4.18. The average Bonchev–Trinajstić information content (AvgIpc) is 2.82. The molecule has 5 rings (SSSR count). The van der Waals surface area contributed by atoms with Crippen LogP contribution >= 0.6 is 0 Å². The predicted octanol–water partition coefficient (Wildman–Crippen LogP) is 4.61.